The topological polar surface area (TPSA) is 113 Å². The highest BCUT2D eigenvalue weighted by atomic mass is 16.6. The highest BCUT2D eigenvalue weighted by molar-refractivity contribution is 5.87. The van der Waals surface area contributed by atoms with E-state index in [-0.39, 0.29) is 12.1 Å². The molecule has 0 aromatic carbocycles. The van der Waals surface area contributed by atoms with Crippen LogP contribution in [0.15, 0.2) is 49.2 Å². The Labute approximate surface area is 209 Å². The van der Waals surface area contributed by atoms with E-state index in [2.05, 4.69) is 21.6 Å². The standard InChI is InChI=1S/C26H28N8O2/c1-26(2,3)36-25(35)33-8-7-28-14-23(33)22-6-5-17(11-29-22)21-9-18(20-13-30-32(4)15-20)16-34-24(21)19(10-27)12-31-34/h5-6,9,11-13,15-16,23,28H,7-8,14H2,1-4H3. The summed E-state index contributed by atoms with van der Waals surface area (Å²) in [5, 5.41) is 21.7. The molecule has 1 amide bonds. The predicted molar refractivity (Wildman–Crippen MR) is 134 cm³/mol. The van der Waals surface area contributed by atoms with Crippen molar-refractivity contribution in [1.82, 2.24) is 34.6 Å². The maximum Gasteiger partial charge on any atom is 0.410 e. The maximum atomic E-state index is 12.8. The van der Waals surface area contributed by atoms with Crippen LogP contribution in [-0.4, -0.2) is 60.6 Å². The number of fused-ring (bicyclic) bond motifs is 1. The third-order valence-corrected chi connectivity index (χ3v) is 6.08. The van der Waals surface area contributed by atoms with Gasteiger partial charge in [0.2, 0.25) is 0 Å². The highest BCUT2D eigenvalue weighted by Crippen LogP contribution is 2.32. The molecular formula is C26H28N8O2. The van der Waals surface area contributed by atoms with Crippen molar-refractivity contribution in [3.8, 4) is 28.3 Å². The number of amides is 1. The Morgan fingerprint density at radius 1 is 1.14 bits per heavy atom. The predicted octanol–water partition coefficient (Wildman–Crippen LogP) is 3.55. The molecule has 1 fully saturated rings. The number of rotatable bonds is 3. The van der Waals surface area contributed by atoms with Gasteiger partial charge < -0.3 is 10.1 Å². The van der Waals surface area contributed by atoms with Gasteiger partial charge >= 0.3 is 6.09 Å². The summed E-state index contributed by atoms with van der Waals surface area (Å²) in [7, 11) is 1.87. The van der Waals surface area contributed by atoms with Crippen LogP contribution >= 0.6 is 0 Å². The number of aryl methyl sites for hydroxylation is 1. The molecule has 36 heavy (non-hydrogen) atoms. The van der Waals surface area contributed by atoms with Crippen molar-refractivity contribution in [3.05, 3.63) is 60.4 Å². The molecule has 184 valence electrons. The fraction of sp³-hybridized carbons (Fsp3) is 0.346. The van der Waals surface area contributed by atoms with Gasteiger partial charge in [0.15, 0.2) is 0 Å². The maximum absolute atomic E-state index is 12.8. The smallest absolute Gasteiger partial charge is 0.410 e. The first-order valence-corrected chi connectivity index (χ1v) is 11.8. The minimum atomic E-state index is -0.571. The lowest BCUT2D eigenvalue weighted by atomic mass is 10.0. The molecule has 1 aliphatic rings. The summed E-state index contributed by atoms with van der Waals surface area (Å²) in [4.78, 5) is 19.3. The van der Waals surface area contributed by atoms with E-state index in [9.17, 15) is 10.1 Å². The van der Waals surface area contributed by atoms with E-state index >= 15 is 0 Å². The summed E-state index contributed by atoms with van der Waals surface area (Å²) in [6.07, 6.45) is 8.63. The number of nitriles is 1. The number of carbonyl (C=O) groups is 1. The van der Waals surface area contributed by atoms with Gasteiger partial charge in [-0.15, -0.1) is 0 Å². The number of hydrogen-bond donors (Lipinski definition) is 1. The zero-order valence-corrected chi connectivity index (χ0v) is 20.8. The number of carbonyl (C=O) groups excluding carboxylic acids is 1. The molecule has 0 saturated carbocycles. The van der Waals surface area contributed by atoms with Crippen molar-refractivity contribution < 1.29 is 9.53 Å². The second kappa shape index (κ2) is 9.09. The molecule has 4 aromatic rings. The average molecular weight is 485 g/mol. The summed E-state index contributed by atoms with van der Waals surface area (Å²) in [5.74, 6) is 0. The van der Waals surface area contributed by atoms with Crippen molar-refractivity contribution in [2.75, 3.05) is 19.6 Å². The summed E-state index contributed by atoms with van der Waals surface area (Å²) < 4.78 is 9.09. The average Bonchev–Trinajstić information content (AvgIpc) is 3.48. The Hall–Kier alpha value is -4.23. The van der Waals surface area contributed by atoms with Crippen LogP contribution in [0.3, 0.4) is 0 Å². The summed E-state index contributed by atoms with van der Waals surface area (Å²) >= 11 is 0. The van der Waals surface area contributed by atoms with E-state index in [1.54, 1.807) is 32.7 Å². The van der Waals surface area contributed by atoms with E-state index < -0.39 is 5.60 Å². The Kier molecular flexibility index (Phi) is 5.94. The van der Waals surface area contributed by atoms with Crippen molar-refractivity contribution in [2.24, 2.45) is 7.05 Å². The second-order valence-electron chi connectivity index (χ2n) is 9.87. The monoisotopic (exact) mass is 484 g/mol. The van der Waals surface area contributed by atoms with Crippen LogP contribution < -0.4 is 5.32 Å². The normalized spacial score (nSPS) is 16.2. The van der Waals surface area contributed by atoms with Crippen LogP contribution in [0.4, 0.5) is 4.79 Å². The fourth-order valence-corrected chi connectivity index (χ4v) is 4.42. The first-order valence-electron chi connectivity index (χ1n) is 11.8. The molecule has 0 spiro atoms. The molecule has 10 nitrogen and oxygen atoms in total. The molecule has 0 radical (unpaired) electrons. The minimum absolute atomic E-state index is 0.242. The Bertz CT molecular complexity index is 1460. The van der Waals surface area contributed by atoms with Crippen molar-refractivity contribution in [1.29, 1.82) is 5.26 Å². The molecule has 1 N–H and O–H groups in total. The number of aromatic nitrogens is 5. The third-order valence-electron chi connectivity index (χ3n) is 6.08. The Balaban J connectivity index is 1.52. The van der Waals surface area contributed by atoms with Crippen LogP contribution in [0.2, 0.25) is 0 Å². The van der Waals surface area contributed by atoms with Crippen LogP contribution in [0.1, 0.15) is 38.1 Å². The van der Waals surface area contributed by atoms with Crippen molar-refractivity contribution in [3.63, 3.8) is 0 Å². The summed E-state index contributed by atoms with van der Waals surface area (Å²) in [6.45, 7) is 7.42. The van der Waals surface area contributed by atoms with Gasteiger partial charge in [-0.05, 0) is 32.9 Å². The molecule has 1 aliphatic heterocycles. The summed E-state index contributed by atoms with van der Waals surface area (Å²) in [5.41, 5.74) is 4.96. The highest BCUT2D eigenvalue weighted by Gasteiger charge is 2.32. The lowest BCUT2D eigenvalue weighted by molar-refractivity contribution is 0.0113. The van der Waals surface area contributed by atoms with Gasteiger partial charge in [0.05, 0.1) is 35.2 Å². The third kappa shape index (κ3) is 4.53. The minimum Gasteiger partial charge on any atom is -0.444 e. The molecule has 4 aromatic heterocycles. The zero-order chi connectivity index (χ0) is 25.4. The lowest BCUT2D eigenvalue weighted by Gasteiger charge is -2.36. The van der Waals surface area contributed by atoms with E-state index in [0.717, 1.165) is 33.5 Å². The second-order valence-corrected chi connectivity index (χ2v) is 9.87. The number of nitrogens with one attached hydrogen (secondary N) is 1. The fourth-order valence-electron chi connectivity index (χ4n) is 4.42. The van der Waals surface area contributed by atoms with Gasteiger partial charge in [0.1, 0.15) is 11.7 Å². The molecule has 10 heteroatoms. The van der Waals surface area contributed by atoms with E-state index in [1.807, 2.05) is 58.4 Å². The van der Waals surface area contributed by atoms with Crippen molar-refractivity contribution in [2.45, 2.75) is 32.4 Å². The number of ether oxygens (including phenoxy) is 1. The van der Waals surface area contributed by atoms with Gasteiger partial charge in [-0.25, -0.2) is 9.31 Å². The van der Waals surface area contributed by atoms with Crippen LogP contribution in [0, 0.1) is 11.3 Å². The quantitative estimate of drug-likeness (QED) is 0.473. The van der Waals surface area contributed by atoms with Crippen LogP contribution in [0.25, 0.3) is 27.8 Å². The number of pyridine rings is 2. The van der Waals surface area contributed by atoms with Gasteiger partial charge in [-0.2, -0.15) is 15.5 Å². The van der Waals surface area contributed by atoms with E-state index in [1.165, 1.54) is 0 Å². The molecule has 1 unspecified atom stereocenters. The van der Waals surface area contributed by atoms with Gasteiger partial charge in [0.25, 0.3) is 0 Å². The van der Waals surface area contributed by atoms with Crippen LogP contribution in [0.5, 0.6) is 0 Å². The van der Waals surface area contributed by atoms with Crippen LogP contribution in [-0.2, 0) is 11.8 Å². The van der Waals surface area contributed by atoms with E-state index in [0.29, 0.717) is 25.2 Å². The number of piperazine rings is 1. The van der Waals surface area contributed by atoms with Gasteiger partial charge in [-0.1, -0.05) is 6.07 Å². The molecule has 5 rings (SSSR count). The van der Waals surface area contributed by atoms with E-state index in [4.69, 9.17) is 9.72 Å². The Morgan fingerprint density at radius 2 is 1.97 bits per heavy atom. The molecule has 0 aliphatic carbocycles. The molecule has 5 heterocycles. The molecule has 0 bridgehead atoms. The van der Waals surface area contributed by atoms with Crippen molar-refractivity contribution >= 4 is 11.6 Å². The summed E-state index contributed by atoms with van der Waals surface area (Å²) in [6, 6.07) is 7.93. The van der Waals surface area contributed by atoms with Gasteiger partial charge in [-0.3, -0.25) is 14.6 Å². The lowest BCUT2D eigenvalue weighted by Crippen LogP contribution is -2.50. The largest absolute Gasteiger partial charge is 0.444 e. The molecule has 1 atom stereocenters. The first-order chi connectivity index (χ1) is 17.2. The zero-order valence-electron chi connectivity index (χ0n) is 20.8. The Morgan fingerprint density at radius 3 is 2.64 bits per heavy atom. The number of nitrogens with zero attached hydrogens (tertiary/aromatic N) is 7. The molecule has 1 saturated heterocycles. The first kappa shape index (κ1) is 23.5. The van der Waals surface area contributed by atoms with Gasteiger partial charge in [0, 0.05) is 67.5 Å². The molecular weight excluding hydrogens is 456 g/mol. The SMILES string of the molecule is Cn1cc(-c2cc(-c3ccc(C4CNCCN4C(=O)OC(C)(C)C)nc3)c3c(C#N)cnn3c2)cn1. The number of hydrogen-bond acceptors (Lipinski definition) is 7.